The Hall–Kier alpha value is -2.46. The molecular weight excluding hydrogens is 296 g/mol. The SMILES string of the molecule is CC(C)[C@@H](NCc1ccc(Cn2cncn2)cc1)c1ccccc1. The van der Waals surface area contributed by atoms with Gasteiger partial charge in [-0.25, -0.2) is 9.67 Å². The first-order valence-electron chi connectivity index (χ1n) is 8.41. The molecule has 0 fully saturated rings. The Balaban J connectivity index is 1.61. The predicted octanol–water partition coefficient (Wildman–Crippen LogP) is 3.81. The normalized spacial score (nSPS) is 12.5. The van der Waals surface area contributed by atoms with Gasteiger partial charge in [-0.05, 0) is 22.6 Å². The average Bonchev–Trinajstić information content (AvgIpc) is 3.10. The fraction of sp³-hybridized carbons (Fsp3) is 0.300. The highest BCUT2D eigenvalue weighted by atomic mass is 15.3. The number of nitrogens with zero attached hydrogens (tertiary/aromatic N) is 3. The van der Waals surface area contributed by atoms with E-state index in [-0.39, 0.29) is 0 Å². The van der Waals surface area contributed by atoms with Crippen molar-refractivity contribution in [2.45, 2.75) is 33.0 Å². The van der Waals surface area contributed by atoms with Crippen molar-refractivity contribution in [3.05, 3.63) is 83.9 Å². The van der Waals surface area contributed by atoms with Crippen molar-refractivity contribution in [3.8, 4) is 0 Å². The van der Waals surface area contributed by atoms with E-state index in [9.17, 15) is 0 Å². The van der Waals surface area contributed by atoms with E-state index in [1.54, 1.807) is 12.7 Å². The number of aromatic nitrogens is 3. The first-order chi connectivity index (χ1) is 11.7. The van der Waals surface area contributed by atoms with Crippen LogP contribution in [0.15, 0.2) is 67.3 Å². The van der Waals surface area contributed by atoms with Gasteiger partial charge in [-0.2, -0.15) is 5.10 Å². The molecule has 0 spiro atoms. The lowest BCUT2D eigenvalue weighted by Gasteiger charge is -2.23. The minimum absolute atomic E-state index is 0.362. The second-order valence-corrected chi connectivity index (χ2v) is 6.42. The lowest BCUT2D eigenvalue weighted by atomic mass is 9.96. The molecule has 3 aromatic rings. The standard InChI is InChI=1S/C20H24N4/c1-16(2)20(19-6-4-3-5-7-19)22-12-17-8-10-18(11-9-17)13-24-15-21-14-23-24/h3-11,14-16,20,22H,12-13H2,1-2H3/t20-/m1/s1. The largest absolute Gasteiger partial charge is 0.306 e. The Morgan fingerprint density at radius 3 is 2.29 bits per heavy atom. The maximum absolute atomic E-state index is 4.14. The molecule has 0 aliphatic rings. The third-order valence-electron chi connectivity index (χ3n) is 4.19. The summed E-state index contributed by atoms with van der Waals surface area (Å²) in [6.45, 7) is 6.13. The summed E-state index contributed by atoms with van der Waals surface area (Å²) in [7, 11) is 0. The predicted molar refractivity (Wildman–Crippen MR) is 96.4 cm³/mol. The molecule has 0 saturated carbocycles. The lowest BCUT2D eigenvalue weighted by molar-refractivity contribution is 0.410. The Bertz CT molecular complexity index is 718. The lowest BCUT2D eigenvalue weighted by Crippen LogP contribution is -2.25. The van der Waals surface area contributed by atoms with Gasteiger partial charge in [-0.1, -0.05) is 68.4 Å². The molecule has 1 N–H and O–H groups in total. The van der Waals surface area contributed by atoms with E-state index in [0.717, 1.165) is 13.1 Å². The summed E-state index contributed by atoms with van der Waals surface area (Å²) in [5.74, 6) is 0.541. The van der Waals surface area contributed by atoms with Crippen molar-refractivity contribution >= 4 is 0 Å². The Labute approximate surface area is 143 Å². The summed E-state index contributed by atoms with van der Waals surface area (Å²) in [5, 5.41) is 7.83. The van der Waals surface area contributed by atoms with Gasteiger partial charge < -0.3 is 5.32 Å². The first-order valence-corrected chi connectivity index (χ1v) is 8.41. The van der Waals surface area contributed by atoms with Crippen molar-refractivity contribution in [1.82, 2.24) is 20.1 Å². The molecule has 1 atom stereocenters. The van der Waals surface area contributed by atoms with Gasteiger partial charge in [0, 0.05) is 12.6 Å². The van der Waals surface area contributed by atoms with E-state index < -0.39 is 0 Å². The minimum atomic E-state index is 0.362. The maximum Gasteiger partial charge on any atom is 0.137 e. The van der Waals surface area contributed by atoms with E-state index in [0.29, 0.717) is 12.0 Å². The van der Waals surface area contributed by atoms with Crippen molar-refractivity contribution in [1.29, 1.82) is 0 Å². The van der Waals surface area contributed by atoms with E-state index >= 15 is 0 Å². The fourth-order valence-electron chi connectivity index (χ4n) is 2.89. The van der Waals surface area contributed by atoms with Crippen LogP contribution in [-0.2, 0) is 13.1 Å². The smallest absolute Gasteiger partial charge is 0.137 e. The second kappa shape index (κ2) is 7.88. The van der Waals surface area contributed by atoms with Crippen LogP contribution in [-0.4, -0.2) is 14.8 Å². The molecule has 0 aliphatic heterocycles. The molecule has 24 heavy (non-hydrogen) atoms. The highest BCUT2D eigenvalue weighted by Crippen LogP contribution is 2.22. The molecule has 124 valence electrons. The molecule has 0 unspecified atom stereocenters. The van der Waals surface area contributed by atoms with Crippen LogP contribution in [0.5, 0.6) is 0 Å². The monoisotopic (exact) mass is 320 g/mol. The highest BCUT2D eigenvalue weighted by molar-refractivity contribution is 5.24. The van der Waals surface area contributed by atoms with Gasteiger partial charge in [-0.3, -0.25) is 0 Å². The summed E-state index contributed by atoms with van der Waals surface area (Å²) < 4.78 is 1.83. The molecule has 3 rings (SSSR count). The summed E-state index contributed by atoms with van der Waals surface area (Å²) in [5.41, 5.74) is 3.86. The Morgan fingerprint density at radius 2 is 1.67 bits per heavy atom. The van der Waals surface area contributed by atoms with Gasteiger partial charge in [-0.15, -0.1) is 0 Å². The minimum Gasteiger partial charge on any atom is -0.306 e. The van der Waals surface area contributed by atoms with E-state index in [1.165, 1.54) is 16.7 Å². The van der Waals surface area contributed by atoms with Crippen LogP contribution in [0, 0.1) is 5.92 Å². The van der Waals surface area contributed by atoms with E-state index in [4.69, 9.17) is 0 Å². The quantitative estimate of drug-likeness (QED) is 0.720. The summed E-state index contributed by atoms with van der Waals surface area (Å²) in [6, 6.07) is 19.7. The van der Waals surface area contributed by atoms with Crippen molar-refractivity contribution in [2.75, 3.05) is 0 Å². The molecule has 4 nitrogen and oxygen atoms in total. The third kappa shape index (κ3) is 4.30. The molecule has 0 bridgehead atoms. The topological polar surface area (TPSA) is 42.7 Å². The van der Waals surface area contributed by atoms with Crippen LogP contribution < -0.4 is 5.32 Å². The van der Waals surface area contributed by atoms with Crippen LogP contribution in [0.25, 0.3) is 0 Å². The Morgan fingerprint density at radius 1 is 0.958 bits per heavy atom. The molecule has 2 aromatic carbocycles. The molecule has 0 aliphatic carbocycles. The van der Waals surface area contributed by atoms with Crippen molar-refractivity contribution in [2.24, 2.45) is 5.92 Å². The second-order valence-electron chi connectivity index (χ2n) is 6.42. The van der Waals surface area contributed by atoms with Crippen molar-refractivity contribution in [3.63, 3.8) is 0 Å². The van der Waals surface area contributed by atoms with E-state index in [1.807, 2.05) is 4.68 Å². The molecule has 1 aromatic heterocycles. The van der Waals surface area contributed by atoms with Gasteiger partial charge in [0.05, 0.1) is 6.54 Å². The van der Waals surface area contributed by atoms with Crippen LogP contribution in [0.4, 0.5) is 0 Å². The zero-order chi connectivity index (χ0) is 16.8. The molecule has 0 saturated heterocycles. The summed E-state index contributed by atoms with van der Waals surface area (Å²) >= 11 is 0. The fourth-order valence-corrected chi connectivity index (χ4v) is 2.89. The third-order valence-corrected chi connectivity index (χ3v) is 4.19. The average molecular weight is 320 g/mol. The number of nitrogens with one attached hydrogen (secondary N) is 1. The van der Waals surface area contributed by atoms with E-state index in [2.05, 4.69) is 83.8 Å². The van der Waals surface area contributed by atoms with Gasteiger partial charge in [0.1, 0.15) is 12.7 Å². The van der Waals surface area contributed by atoms with Crippen LogP contribution in [0.1, 0.15) is 36.6 Å². The summed E-state index contributed by atoms with van der Waals surface area (Å²) in [4.78, 5) is 3.97. The van der Waals surface area contributed by atoms with Crippen molar-refractivity contribution < 1.29 is 0 Å². The number of benzene rings is 2. The summed E-state index contributed by atoms with van der Waals surface area (Å²) in [6.07, 6.45) is 3.30. The van der Waals surface area contributed by atoms with Gasteiger partial charge in [0.25, 0.3) is 0 Å². The molecule has 0 radical (unpaired) electrons. The zero-order valence-corrected chi connectivity index (χ0v) is 14.3. The molecule has 1 heterocycles. The maximum atomic E-state index is 4.14. The molecular formula is C20H24N4. The van der Waals surface area contributed by atoms with Gasteiger partial charge >= 0.3 is 0 Å². The van der Waals surface area contributed by atoms with Crippen LogP contribution >= 0.6 is 0 Å². The van der Waals surface area contributed by atoms with Gasteiger partial charge in [0.15, 0.2) is 0 Å². The van der Waals surface area contributed by atoms with Crippen LogP contribution in [0.2, 0.25) is 0 Å². The van der Waals surface area contributed by atoms with Gasteiger partial charge in [0.2, 0.25) is 0 Å². The number of rotatable bonds is 7. The highest BCUT2D eigenvalue weighted by Gasteiger charge is 2.14. The number of hydrogen-bond acceptors (Lipinski definition) is 3. The molecule has 4 heteroatoms. The number of hydrogen-bond donors (Lipinski definition) is 1. The first kappa shape index (κ1) is 16.4. The molecule has 0 amide bonds. The van der Waals surface area contributed by atoms with Crippen LogP contribution in [0.3, 0.4) is 0 Å². The Kier molecular flexibility index (Phi) is 5.39. The zero-order valence-electron chi connectivity index (χ0n) is 14.3.